The predicted molar refractivity (Wildman–Crippen MR) is 109 cm³/mol. The monoisotopic (exact) mass is 421 g/mol. The first kappa shape index (κ1) is 20.8. The van der Waals surface area contributed by atoms with Gasteiger partial charge in [-0.15, -0.1) is 0 Å². The largest absolute Gasteiger partial charge is 0.493 e. The van der Waals surface area contributed by atoms with E-state index in [1.807, 2.05) is 19.1 Å². The van der Waals surface area contributed by atoms with Crippen LogP contribution in [0.3, 0.4) is 0 Å². The fourth-order valence-electron chi connectivity index (χ4n) is 4.61. The molecule has 2 aliphatic heterocycles. The minimum Gasteiger partial charge on any atom is -0.493 e. The highest BCUT2D eigenvalue weighted by Crippen LogP contribution is 2.35. The Morgan fingerprint density at radius 3 is 2.93 bits per heavy atom. The molecule has 0 spiro atoms. The number of aromatic nitrogens is 3. The molecule has 9 heteroatoms. The number of hydrogen-bond donors (Lipinski definition) is 1. The van der Waals surface area contributed by atoms with Gasteiger partial charge in [-0.2, -0.15) is 10.1 Å². The van der Waals surface area contributed by atoms with E-state index in [0.717, 1.165) is 49.5 Å². The summed E-state index contributed by atoms with van der Waals surface area (Å²) >= 11 is 0. The third-order valence-electron chi connectivity index (χ3n) is 6.03. The Balaban J connectivity index is 1.43. The van der Waals surface area contributed by atoms with Crippen LogP contribution in [0.25, 0.3) is 0 Å². The first-order chi connectivity index (χ1) is 14.6. The molecule has 164 valence electrons. The Bertz CT molecular complexity index is 847. The second-order valence-electron chi connectivity index (χ2n) is 7.97. The number of halogens is 2. The molecule has 2 aliphatic rings. The number of benzene rings is 1. The second-order valence-corrected chi connectivity index (χ2v) is 7.97. The van der Waals surface area contributed by atoms with Crippen molar-refractivity contribution >= 4 is 5.95 Å². The number of rotatable bonds is 7. The van der Waals surface area contributed by atoms with Crippen LogP contribution in [-0.2, 0) is 6.54 Å². The maximum Gasteiger partial charge on any atom is 0.260 e. The lowest BCUT2D eigenvalue weighted by Crippen LogP contribution is -2.46. The smallest absolute Gasteiger partial charge is 0.260 e. The van der Waals surface area contributed by atoms with Crippen molar-refractivity contribution in [1.82, 2.24) is 19.7 Å². The van der Waals surface area contributed by atoms with Crippen LogP contribution in [0.15, 0.2) is 24.5 Å². The van der Waals surface area contributed by atoms with Gasteiger partial charge in [0, 0.05) is 19.1 Å². The van der Waals surface area contributed by atoms with Crippen LogP contribution in [0.5, 0.6) is 11.5 Å². The van der Waals surface area contributed by atoms with Gasteiger partial charge in [0.25, 0.3) is 6.43 Å². The van der Waals surface area contributed by atoms with Gasteiger partial charge < -0.3 is 14.8 Å². The maximum atomic E-state index is 13.6. The summed E-state index contributed by atoms with van der Waals surface area (Å²) < 4.78 is 39.6. The minimum atomic E-state index is -2.45. The number of piperidine rings is 1. The second kappa shape index (κ2) is 9.16. The molecule has 4 rings (SSSR count). The van der Waals surface area contributed by atoms with Gasteiger partial charge in [0.2, 0.25) is 5.95 Å². The third kappa shape index (κ3) is 4.35. The Morgan fingerprint density at radius 2 is 2.17 bits per heavy atom. The number of nitrogens with one attached hydrogen (secondary N) is 1. The van der Waals surface area contributed by atoms with Crippen LogP contribution in [0.4, 0.5) is 14.7 Å². The molecule has 30 heavy (non-hydrogen) atoms. The normalized spacial score (nSPS) is 24.4. The van der Waals surface area contributed by atoms with E-state index in [1.165, 1.54) is 11.0 Å². The zero-order valence-electron chi connectivity index (χ0n) is 17.4. The molecule has 0 amide bonds. The molecule has 0 unspecified atom stereocenters. The summed E-state index contributed by atoms with van der Waals surface area (Å²) in [6.45, 7) is 5.18. The van der Waals surface area contributed by atoms with E-state index < -0.39 is 12.5 Å². The summed E-state index contributed by atoms with van der Waals surface area (Å²) in [6, 6.07) is 5.08. The highest BCUT2D eigenvalue weighted by molar-refractivity contribution is 5.43. The van der Waals surface area contributed by atoms with Crippen molar-refractivity contribution in [2.45, 2.75) is 51.2 Å². The van der Waals surface area contributed by atoms with E-state index in [-0.39, 0.29) is 12.0 Å². The van der Waals surface area contributed by atoms with E-state index in [0.29, 0.717) is 19.0 Å². The number of nitrogens with zero attached hydrogens (tertiary/aromatic N) is 4. The molecule has 1 fully saturated rings. The van der Waals surface area contributed by atoms with E-state index in [9.17, 15) is 8.78 Å². The third-order valence-corrected chi connectivity index (χ3v) is 6.03. The van der Waals surface area contributed by atoms with Gasteiger partial charge in [-0.25, -0.2) is 13.5 Å². The van der Waals surface area contributed by atoms with Crippen molar-refractivity contribution in [2.75, 3.05) is 32.1 Å². The Kier molecular flexibility index (Phi) is 6.36. The first-order valence-electron chi connectivity index (χ1n) is 10.5. The number of ether oxygens (including phenoxy) is 2. The van der Waals surface area contributed by atoms with Gasteiger partial charge in [-0.05, 0) is 56.3 Å². The van der Waals surface area contributed by atoms with Gasteiger partial charge in [0.15, 0.2) is 11.5 Å². The van der Waals surface area contributed by atoms with Crippen molar-refractivity contribution in [3.05, 3.63) is 30.1 Å². The van der Waals surface area contributed by atoms with Crippen molar-refractivity contribution in [3.63, 3.8) is 0 Å². The number of likely N-dealkylation sites (tertiary alicyclic amines) is 1. The number of anilines is 1. The lowest BCUT2D eigenvalue weighted by atomic mass is 9.86. The lowest BCUT2D eigenvalue weighted by molar-refractivity contribution is 0.0550. The van der Waals surface area contributed by atoms with Crippen molar-refractivity contribution in [2.24, 2.45) is 5.92 Å². The molecule has 0 saturated carbocycles. The van der Waals surface area contributed by atoms with Crippen LogP contribution in [0.2, 0.25) is 0 Å². The summed E-state index contributed by atoms with van der Waals surface area (Å²) in [5.74, 6) is 2.21. The molecular weight excluding hydrogens is 392 g/mol. The molecule has 7 nitrogen and oxygen atoms in total. The highest BCUT2D eigenvalue weighted by atomic mass is 19.3. The molecule has 0 radical (unpaired) electrons. The van der Waals surface area contributed by atoms with Crippen LogP contribution in [0.1, 0.15) is 37.8 Å². The topological polar surface area (TPSA) is 64.4 Å². The highest BCUT2D eigenvalue weighted by Gasteiger charge is 2.38. The Hall–Kier alpha value is -2.42. The van der Waals surface area contributed by atoms with E-state index >= 15 is 0 Å². The molecule has 2 aromatic rings. The van der Waals surface area contributed by atoms with Crippen LogP contribution in [-0.4, -0.2) is 58.9 Å². The van der Waals surface area contributed by atoms with E-state index in [4.69, 9.17) is 9.47 Å². The van der Waals surface area contributed by atoms with E-state index in [1.54, 1.807) is 7.11 Å². The van der Waals surface area contributed by atoms with Gasteiger partial charge in [-0.1, -0.05) is 6.07 Å². The molecule has 1 aromatic carbocycles. The SMILES string of the molecule is CCOc1ccc(CN2CCC[C@@H]([C@@H]3C[C@H](C(F)F)n4ncnc4N3)C2)cc1OC. The number of alkyl halides is 2. The molecule has 1 aromatic heterocycles. The average molecular weight is 421 g/mol. The summed E-state index contributed by atoms with van der Waals surface area (Å²) in [4.78, 5) is 6.52. The quantitative estimate of drug-likeness (QED) is 0.737. The van der Waals surface area contributed by atoms with Gasteiger partial charge in [0.1, 0.15) is 12.4 Å². The average Bonchev–Trinajstić information content (AvgIpc) is 3.23. The maximum absolute atomic E-state index is 13.6. The summed E-state index contributed by atoms with van der Waals surface area (Å²) in [6.07, 6.45) is 1.32. The zero-order valence-corrected chi connectivity index (χ0v) is 17.4. The lowest BCUT2D eigenvalue weighted by Gasteiger charge is -2.40. The van der Waals surface area contributed by atoms with Crippen molar-refractivity contribution < 1.29 is 18.3 Å². The summed E-state index contributed by atoms with van der Waals surface area (Å²) in [5.41, 5.74) is 1.15. The number of fused-ring (bicyclic) bond motifs is 1. The van der Waals surface area contributed by atoms with Crippen LogP contribution in [0, 0.1) is 5.92 Å². The minimum absolute atomic E-state index is 0.0293. The fourth-order valence-corrected chi connectivity index (χ4v) is 4.61. The van der Waals surface area contributed by atoms with Crippen LogP contribution < -0.4 is 14.8 Å². The molecular formula is C21H29F2N5O2. The predicted octanol–water partition coefficient (Wildman–Crippen LogP) is 3.59. The van der Waals surface area contributed by atoms with Gasteiger partial charge in [0.05, 0.1) is 13.7 Å². The van der Waals surface area contributed by atoms with Crippen LogP contribution >= 0.6 is 0 Å². The van der Waals surface area contributed by atoms with Gasteiger partial charge in [-0.3, -0.25) is 4.90 Å². The Labute approximate surface area is 175 Å². The summed E-state index contributed by atoms with van der Waals surface area (Å²) in [5, 5.41) is 7.33. The molecule has 0 bridgehead atoms. The van der Waals surface area contributed by atoms with Crippen molar-refractivity contribution in [1.29, 1.82) is 0 Å². The number of hydrogen-bond acceptors (Lipinski definition) is 6. The zero-order chi connectivity index (χ0) is 21.1. The fraction of sp³-hybridized carbons (Fsp3) is 0.619. The van der Waals surface area contributed by atoms with E-state index in [2.05, 4.69) is 26.4 Å². The Morgan fingerprint density at radius 1 is 1.30 bits per heavy atom. The standard InChI is InChI=1S/C21H29F2N5O2/c1-3-30-18-7-6-14(9-19(18)29-2)11-27-8-4-5-15(12-27)16-10-17(20(22)23)28-21(26-16)24-13-25-28/h6-7,9,13,15-17,20H,3-5,8,10-12H2,1-2H3,(H,24,25,26)/t15-,16+,17-/m1/s1. The summed E-state index contributed by atoms with van der Waals surface area (Å²) in [7, 11) is 1.64. The molecule has 3 heterocycles. The first-order valence-corrected chi connectivity index (χ1v) is 10.5. The van der Waals surface area contributed by atoms with Gasteiger partial charge >= 0.3 is 0 Å². The molecule has 0 aliphatic carbocycles. The molecule has 3 atom stereocenters. The molecule has 1 saturated heterocycles. The van der Waals surface area contributed by atoms with Crippen molar-refractivity contribution in [3.8, 4) is 11.5 Å². The molecule has 1 N–H and O–H groups in total. The number of methoxy groups -OCH3 is 1.